The van der Waals surface area contributed by atoms with E-state index in [9.17, 15) is 0 Å². The second-order valence-corrected chi connectivity index (χ2v) is 4.10. The molecule has 0 saturated heterocycles. The van der Waals surface area contributed by atoms with E-state index in [2.05, 4.69) is 15.0 Å². The Bertz CT molecular complexity index is 382. The third kappa shape index (κ3) is 2.26. The van der Waals surface area contributed by atoms with E-state index in [1.165, 1.54) is 12.8 Å². The van der Waals surface area contributed by atoms with E-state index in [1.54, 1.807) is 6.20 Å². The van der Waals surface area contributed by atoms with E-state index in [-0.39, 0.29) is 5.84 Å². The van der Waals surface area contributed by atoms with Crippen LogP contribution in [0.5, 0.6) is 0 Å². The molecule has 0 amide bonds. The summed E-state index contributed by atoms with van der Waals surface area (Å²) in [5.41, 5.74) is 5.48. The smallest absolute Gasteiger partial charge is 0.205 e. The van der Waals surface area contributed by atoms with Gasteiger partial charge < -0.3 is 20.4 Å². The largest absolute Gasteiger partial charge is 0.409 e. The highest BCUT2D eigenvalue weighted by Gasteiger charge is 2.31. The first-order valence-electron chi connectivity index (χ1n) is 5.42. The summed E-state index contributed by atoms with van der Waals surface area (Å²) in [6, 6.07) is 0.563. The second-order valence-electron chi connectivity index (χ2n) is 4.10. The first-order chi connectivity index (χ1) is 7.72. The molecule has 1 fully saturated rings. The SMILES string of the molecule is Cn1ccnc1N(CCC(N)=NO)C1CC1. The number of nitrogens with zero attached hydrogens (tertiary/aromatic N) is 4. The van der Waals surface area contributed by atoms with Crippen molar-refractivity contribution in [3.8, 4) is 0 Å². The van der Waals surface area contributed by atoms with Crippen LogP contribution in [0.15, 0.2) is 17.5 Å². The van der Waals surface area contributed by atoms with Crippen molar-refractivity contribution >= 4 is 11.8 Å². The quantitative estimate of drug-likeness (QED) is 0.330. The average Bonchev–Trinajstić information content (AvgIpc) is 3.03. The lowest BCUT2D eigenvalue weighted by molar-refractivity contribution is 0.317. The lowest BCUT2D eigenvalue weighted by Gasteiger charge is -2.23. The number of rotatable bonds is 5. The zero-order valence-electron chi connectivity index (χ0n) is 9.37. The number of imidazole rings is 1. The average molecular weight is 223 g/mol. The molecule has 3 N–H and O–H groups in total. The topological polar surface area (TPSA) is 79.7 Å². The molecule has 6 nitrogen and oxygen atoms in total. The van der Waals surface area contributed by atoms with E-state index < -0.39 is 0 Å². The number of aryl methyl sites for hydroxylation is 1. The summed E-state index contributed by atoms with van der Waals surface area (Å²) in [5.74, 6) is 1.22. The van der Waals surface area contributed by atoms with Gasteiger partial charge in [0.05, 0.1) is 0 Å². The normalized spacial score (nSPS) is 16.4. The molecule has 88 valence electrons. The maximum atomic E-state index is 8.51. The predicted molar refractivity (Wildman–Crippen MR) is 61.6 cm³/mol. The second kappa shape index (κ2) is 4.42. The van der Waals surface area contributed by atoms with Crippen LogP contribution in [0.1, 0.15) is 19.3 Å². The molecule has 1 saturated carbocycles. The molecule has 0 aromatic carbocycles. The number of hydrogen-bond donors (Lipinski definition) is 2. The van der Waals surface area contributed by atoms with Crippen LogP contribution >= 0.6 is 0 Å². The van der Waals surface area contributed by atoms with Crippen LogP contribution in [-0.4, -0.2) is 33.2 Å². The zero-order chi connectivity index (χ0) is 11.5. The predicted octanol–water partition coefficient (Wildman–Crippen LogP) is 0.525. The van der Waals surface area contributed by atoms with Gasteiger partial charge in [-0.15, -0.1) is 0 Å². The summed E-state index contributed by atoms with van der Waals surface area (Å²) < 4.78 is 1.99. The fraction of sp³-hybridized carbons (Fsp3) is 0.600. The lowest BCUT2D eigenvalue weighted by atomic mass is 10.3. The third-order valence-electron chi connectivity index (χ3n) is 2.78. The Hall–Kier alpha value is -1.72. The summed E-state index contributed by atoms with van der Waals surface area (Å²) in [5, 5.41) is 11.5. The third-order valence-corrected chi connectivity index (χ3v) is 2.78. The first-order valence-corrected chi connectivity index (χ1v) is 5.42. The number of oxime groups is 1. The van der Waals surface area contributed by atoms with Crippen LogP contribution in [-0.2, 0) is 7.05 Å². The molecule has 1 aliphatic carbocycles. The lowest BCUT2D eigenvalue weighted by Crippen LogP contribution is -2.32. The monoisotopic (exact) mass is 223 g/mol. The van der Waals surface area contributed by atoms with E-state index >= 15 is 0 Å². The maximum Gasteiger partial charge on any atom is 0.205 e. The van der Waals surface area contributed by atoms with Crippen molar-refractivity contribution in [2.45, 2.75) is 25.3 Å². The highest BCUT2D eigenvalue weighted by atomic mass is 16.4. The number of hydrogen-bond acceptors (Lipinski definition) is 4. The van der Waals surface area contributed by atoms with Gasteiger partial charge in [0.25, 0.3) is 0 Å². The van der Waals surface area contributed by atoms with Gasteiger partial charge in [-0.2, -0.15) is 0 Å². The minimum absolute atomic E-state index is 0.264. The van der Waals surface area contributed by atoms with Gasteiger partial charge in [-0.1, -0.05) is 5.16 Å². The summed E-state index contributed by atoms with van der Waals surface area (Å²) in [7, 11) is 1.97. The highest BCUT2D eigenvalue weighted by molar-refractivity contribution is 5.80. The Morgan fingerprint density at radius 3 is 3.00 bits per heavy atom. The minimum Gasteiger partial charge on any atom is -0.409 e. The molecule has 1 aliphatic rings. The molecule has 0 unspecified atom stereocenters. The van der Waals surface area contributed by atoms with Crippen molar-refractivity contribution in [2.24, 2.45) is 17.9 Å². The van der Waals surface area contributed by atoms with E-state index in [4.69, 9.17) is 10.9 Å². The van der Waals surface area contributed by atoms with Crippen LogP contribution in [0, 0.1) is 0 Å². The van der Waals surface area contributed by atoms with Crippen molar-refractivity contribution < 1.29 is 5.21 Å². The van der Waals surface area contributed by atoms with Crippen molar-refractivity contribution in [3.05, 3.63) is 12.4 Å². The Morgan fingerprint density at radius 2 is 2.50 bits per heavy atom. The Balaban J connectivity index is 2.04. The van der Waals surface area contributed by atoms with Gasteiger partial charge >= 0.3 is 0 Å². The van der Waals surface area contributed by atoms with Gasteiger partial charge in [0, 0.05) is 38.4 Å². The van der Waals surface area contributed by atoms with Crippen molar-refractivity contribution in [1.82, 2.24) is 9.55 Å². The van der Waals surface area contributed by atoms with Crippen LogP contribution in [0.4, 0.5) is 5.95 Å². The maximum absolute atomic E-state index is 8.51. The number of aromatic nitrogens is 2. The summed E-state index contributed by atoms with van der Waals surface area (Å²) >= 11 is 0. The number of nitrogens with two attached hydrogens (primary N) is 1. The molecule has 0 atom stereocenters. The highest BCUT2D eigenvalue weighted by Crippen LogP contribution is 2.30. The molecule has 0 bridgehead atoms. The molecule has 1 aromatic heterocycles. The number of anilines is 1. The van der Waals surface area contributed by atoms with Crippen molar-refractivity contribution in [2.75, 3.05) is 11.4 Å². The summed E-state index contributed by atoms with van der Waals surface area (Å²) in [6.45, 7) is 0.741. The summed E-state index contributed by atoms with van der Waals surface area (Å²) in [6.07, 6.45) is 6.66. The summed E-state index contributed by atoms with van der Waals surface area (Å²) in [4.78, 5) is 6.55. The molecule has 0 aliphatic heterocycles. The molecule has 0 spiro atoms. The molecule has 0 radical (unpaired) electrons. The fourth-order valence-corrected chi connectivity index (χ4v) is 1.75. The first kappa shape index (κ1) is 10.8. The van der Waals surface area contributed by atoms with Crippen molar-refractivity contribution in [3.63, 3.8) is 0 Å². The minimum atomic E-state index is 0.264. The molecular weight excluding hydrogens is 206 g/mol. The van der Waals surface area contributed by atoms with Crippen LogP contribution < -0.4 is 10.6 Å². The van der Waals surface area contributed by atoms with E-state index in [0.29, 0.717) is 12.5 Å². The van der Waals surface area contributed by atoms with Gasteiger partial charge in [-0.25, -0.2) is 4.98 Å². The number of amidine groups is 1. The Morgan fingerprint density at radius 1 is 1.75 bits per heavy atom. The van der Waals surface area contributed by atoms with Gasteiger partial charge in [-0.3, -0.25) is 0 Å². The molecule has 16 heavy (non-hydrogen) atoms. The van der Waals surface area contributed by atoms with Crippen LogP contribution in [0.25, 0.3) is 0 Å². The molecule has 2 rings (SSSR count). The fourth-order valence-electron chi connectivity index (χ4n) is 1.75. The Labute approximate surface area is 94.4 Å². The van der Waals surface area contributed by atoms with Gasteiger partial charge in [0.1, 0.15) is 5.84 Å². The van der Waals surface area contributed by atoms with Crippen LogP contribution in [0.2, 0.25) is 0 Å². The van der Waals surface area contributed by atoms with Crippen molar-refractivity contribution in [1.29, 1.82) is 0 Å². The molecule has 1 aromatic rings. The van der Waals surface area contributed by atoms with Gasteiger partial charge in [0.2, 0.25) is 5.95 Å². The molecular formula is C10H17N5O. The van der Waals surface area contributed by atoms with Crippen LogP contribution in [0.3, 0.4) is 0 Å². The molecule has 6 heteroatoms. The van der Waals surface area contributed by atoms with Gasteiger partial charge in [0.15, 0.2) is 0 Å². The Kier molecular flexibility index (Phi) is 2.98. The van der Waals surface area contributed by atoms with Gasteiger partial charge in [-0.05, 0) is 12.8 Å². The molecule has 1 heterocycles. The zero-order valence-corrected chi connectivity index (χ0v) is 9.37. The standard InChI is InChI=1S/C10H17N5O/c1-14-7-5-12-10(14)15(8-2-3-8)6-4-9(11)13-16/h5,7-8,16H,2-4,6H2,1H3,(H2,11,13). The van der Waals surface area contributed by atoms with E-state index in [0.717, 1.165) is 12.5 Å². The van der Waals surface area contributed by atoms with E-state index in [1.807, 2.05) is 17.8 Å².